The zero-order valence-corrected chi connectivity index (χ0v) is 14.1. The summed E-state index contributed by atoms with van der Waals surface area (Å²) in [5.41, 5.74) is 1.12. The minimum atomic E-state index is -0.157. The van der Waals surface area contributed by atoms with E-state index in [0.29, 0.717) is 5.92 Å². The number of likely N-dealkylation sites (N-methyl/N-ethyl adjacent to an activating group) is 1. The van der Waals surface area contributed by atoms with E-state index in [-0.39, 0.29) is 18.1 Å². The van der Waals surface area contributed by atoms with Crippen molar-refractivity contribution < 1.29 is 9.53 Å². The van der Waals surface area contributed by atoms with E-state index < -0.39 is 0 Å². The highest BCUT2D eigenvalue weighted by molar-refractivity contribution is 5.81. The van der Waals surface area contributed by atoms with E-state index in [1.165, 1.54) is 0 Å². The first kappa shape index (κ1) is 17.0. The van der Waals surface area contributed by atoms with E-state index in [1.807, 2.05) is 45.1 Å². The summed E-state index contributed by atoms with van der Waals surface area (Å²) < 4.78 is 7.66. The lowest BCUT2D eigenvalue weighted by Gasteiger charge is -2.25. The van der Waals surface area contributed by atoms with Gasteiger partial charge in [-0.2, -0.15) is 5.10 Å². The van der Waals surface area contributed by atoms with E-state index in [9.17, 15) is 4.79 Å². The molecule has 1 amide bonds. The molecule has 1 saturated heterocycles. The molecule has 0 aliphatic carbocycles. The first-order valence-electron chi connectivity index (χ1n) is 8.19. The van der Waals surface area contributed by atoms with Crippen LogP contribution in [-0.2, 0) is 16.6 Å². The van der Waals surface area contributed by atoms with Gasteiger partial charge in [0.25, 0.3) is 0 Å². The summed E-state index contributed by atoms with van der Waals surface area (Å²) in [5.74, 6) is 0.554. The molecule has 1 aliphatic heterocycles. The average molecular weight is 308 g/mol. The second-order valence-corrected chi connectivity index (χ2v) is 5.93. The lowest BCUT2D eigenvalue weighted by molar-refractivity contribution is -0.132. The Kier molecular flexibility index (Phi) is 5.97. The summed E-state index contributed by atoms with van der Waals surface area (Å²) in [5, 5.41) is 7.60. The number of aryl methyl sites for hydroxylation is 1. The molecule has 0 spiro atoms. The number of aromatic nitrogens is 2. The molecule has 0 saturated carbocycles. The summed E-state index contributed by atoms with van der Waals surface area (Å²) in [7, 11) is 1.91. The maximum Gasteiger partial charge on any atom is 0.239 e. The quantitative estimate of drug-likeness (QED) is 0.826. The second kappa shape index (κ2) is 7.74. The van der Waals surface area contributed by atoms with Crippen LogP contribution in [0.3, 0.4) is 0 Å². The van der Waals surface area contributed by atoms with Gasteiger partial charge in [0.2, 0.25) is 5.91 Å². The van der Waals surface area contributed by atoms with Crippen LogP contribution >= 0.6 is 0 Å². The molecule has 0 aromatic carbocycles. The number of carbonyl (C=O) groups is 1. The fourth-order valence-electron chi connectivity index (χ4n) is 3.02. The van der Waals surface area contributed by atoms with Gasteiger partial charge in [0, 0.05) is 51.0 Å². The Labute approximate surface area is 132 Å². The Balaban J connectivity index is 1.89. The lowest BCUT2D eigenvalue weighted by atomic mass is 9.97. The van der Waals surface area contributed by atoms with Crippen molar-refractivity contribution in [1.29, 1.82) is 0 Å². The minimum Gasteiger partial charge on any atom is -0.373 e. The van der Waals surface area contributed by atoms with Gasteiger partial charge in [-0.25, -0.2) is 0 Å². The van der Waals surface area contributed by atoms with Crippen molar-refractivity contribution >= 4 is 5.91 Å². The van der Waals surface area contributed by atoms with Gasteiger partial charge in [0.15, 0.2) is 0 Å². The molecule has 2 rings (SSSR count). The maximum atomic E-state index is 12.3. The van der Waals surface area contributed by atoms with Gasteiger partial charge in [-0.05, 0) is 27.2 Å². The number of hydrogen-bond acceptors (Lipinski definition) is 4. The van der Waals surface area contributed by atoms with Crippen LogP contribution in [-0.4, -0.2) is 52.9 Å². The Morgan fingerprint density at radius 1 is 1.55 bits per heavy atom. The molecule has 2 heterocycles. The van der Waals surface area contributed by atoms with Crippen LogP contribution in [0.4, 0.5) is 0 Å². The third-order valence-electron chi connectivity index (χ3n) is 4.40. The molecular weight excluding hydrogens is 280 g/mol. The highest BCUT2D eigenvalue weighted by Crippen LogP contribution is 2.33. The van der Waals surface area contributed by atoms with Gasteiger partial charge in [0.05, 0.1) is 18.3 Å². The maximum absolute atomic E-state index is 12.3. The molecule has 3 atom stereocenters. The van der Waals surface area contributed by atoms with Crippen LogP contribution in [0, 0.1) is 5.92 Å². The van der Waals surface area contributed by atoms with E-state index in [1.54, 1.807) is 4.68 Å². The van der Waals surface area contributed by atoms with Crippen LogP contribution in [0.1, 0.15) is 38.9 Å². The molecule has 6 nitrogen and oxygen atoms in total. The molecule has 1 fully saturated rings. The fraction of sp³-hybridized carbons (Fsp3) is 0.750. The van der Waals surface area contributed by atoms with Crippen molar-refractivity contribution in [1.82, 2.24) is 20.0 Å². The van der Waals surface area contributed by atoms with Gasteiger partial charge in [-0.3, -0.25) is 9.48 Å². The van der Waals surface area contributed by atoms with Crippen LogP contribution in [0.15, 0.2) is 12.4 Å². The van der Waals surface area contributed by atoms with Gasteiger partial charge in [-0.15, -0.1) is 0 Å². The molecule has 1 aromatic rings. The molecular formula is C16H28N4O2. The number of hydrogen-bond donors (Lipinski definition) is 1. The normalized spacial score (nSPS) is 22.7. The number of rotatable bonds is 7. The predicted molar refractivity (Wildman–Crippen MR) is 85.4 cm³/mol. The average Bonchev–Trinajstić information content (AvgIpc) is 3.14. The lowest BCUT2D eigenvalue weighted by Crippen LogP contribution is -2.46. The van der Waals surface area contributed by atoms with E-state index in [2.05, 4.69) is 10.4 Å². The first-order valence-corrected chi connectivity index (χ1v) is 8.19. The number of amides is 1. The summed E-state index contributed by atoms with van der Waals surface area (Å²) in [4.78, 5) is 14.1. The highest BCUT2D eigenvalue weighted by Gasteiger charge is 2.31. The molecule has 6 heteroatoms. The number of nitrogens with zero attached hydrogens (tertiary/aromatic N) is 3. The molecule has 0 bridgehead atoms. The van der Waals surface area contributed by atoms with Crippen molar-refractivity contribution in [3.05, 3.63) is 18.0 Å². The SMILES string of the molecule is CCN(CC)C(=O)C(C)NCC1CCOC1c1cnn(C)c1. The number of ether oxygens (including phenoxy) is 1. The van der Waals surface area contributed by atoms with Crippen LogP contribution in [0.25, 0.3) is 0 Å². The number of nitrogens with one attached hydrogen (secondary N) is 1. The molecule has 1 N–H and O–H groups in total. The van der Waals surface area contributed by atoms with Crippen molar-refractivity contribution in [2.75, 3.05) is 26.2 Å². The smallest absolute Gasteiger partial charge is 0.239 e. The molecule has 0 radical (unpaired) electrons. The van der Waals surface area contributed by atoms with Crippen molar-refractivity contribution in [3.63, 3.8) is 0 Å². The van der Waals surface area contributed by atoms with Gasteiger partial charge >= 0.3 is 0 Å². The molecule has 3 unspecified atom stereocenters. The molecule has 124 valence electrons. The topological polar surface area (TPSA) is 59.4 Å². The molecule has 22 heavy (non-hydrogen) atoms. The summed E-state index contributed by atoms with van der Waals surface area (Å²) in [6.07, 6.45) is 4.97. The van der Waals surface area contributed by atoms with Gasteiger partial charge in [-0.1, -0.05) is 0 Å². The second-order valence-electron chi connectivity index (χ2n) is 5.93. The third kappa shape index (κ3) is 3.87. The van der Waals surface area contributed by atoms with E-state index in [4.69, 9.17) is 4.74 Å². The Hall–Kier alpha value is -1.40. The summed E-state index contributed by atoms with van der Waals surface area (Å²) in [6, 6.07) is -0.157. The largest absolute Gasteiger partial charge is 0.373 e. The molecule has 1 aliphatic rings. The van der Waals surface area contributed by atoms with Crippen molar-refractivity contribution in [2.45, 2.75) is 39.3 Å². The Morgan fingerprint density at radius 2 is 2.27 bits per heavy atom. The van der Waals surface area contributed by atoms with E-state index >= 15 is 0 Å². The molecule has 1 aromatic heterocycles. The zero-order valence-electron chi connectivity index (χ0n) is 14.1. The number of carbonyl (C=O) groups excluding carboxylic acids is 1. The van der Waals surface area contributed by atoms with E-state index in [0.717, 1.165) is 38.2 Å². The van der Waals surface area contributed by atoms with Gasteiger partial charge in [0.1, 0.15) is 0 Å². The van der Waals surface area contributed by atoms with Crippen LogP contribution in [0.2, 0.25) is 0 Å². The Morgan fingerprint density at radius 3 is 2.86 bits per heavy atom. The van der Waals surface area contributed by atoms with Crippen LogP contribution in [0.5, 0.6) is 0 Å². The predicted octanol–water partition coefficient (Wildman–Crippen LogP) is 1.34. The van der Waals surface area contributed by atoms with Crippen molar-refractivity contribution in [2.24, 2.45) is 13.0 Å². The summed E-state index contributed by atoms with van der Waals surface area (Å²) >= 11 is 0. The zero-order chi connectivity index (χ0) is 16.1. The fourth-order valence-corrected chi connectivity index (χ4v) is 3.02. The highest BCUT2D eigenvalue weighted by atomic mass is 16.5. The third-order valence-corrected chi connectivity index (χ3v) is 4.40. The first-order chi connectivity index (χ1) is 10.6. The minimum absolute atomic E-state index is 0.0805. The van der Waals surface area contributed by atoms with Gasteiger partial charge < -0.3 is 15.0 Å². The monoisotopic (exact) mass is 308 g/mol. The summed E-state index contributed by atoms with van der Waals surface area (Å²) in [6.45, 7) is 9.03. The van der Waals surface area contributed by atoms with Crippen LogP contribution < -0.4 is 5.32 Å². The Bertz CT molecular complexity index is 484. The standard InChI is InChI=1S/C16H28N4O2/c1-5-20(6-2)16(21)12(3)17-9-13-7-8-22-15(13)14-10-18-19(4)11-14/h10-13,15,17H,5-9H2,1-4H3. The van der Waals surface area contributed by atoms with Crippen molar-refractivity contribution in [3.8, 4) is 0 Å².